The van der Waals surface area contributed by atoms with Crippen LogP contribution in [0.15, 0.2) is 12.7 Å². The third-order valence-electron chi connectivity index (χ3n) is 2.29. The number of carboxylic acid groups (broad SMARTS) is 1. The van der Waals surface area contributed by atoms with Gasteiger partial charge in [-0.2, -0.15) is 0 Å². The number of hydrogen-bond acceptors (Lipinski definition) is 2. The summed E-state index contributed by atoms with van der Waals surface area (Å²) in [5, 5.41) is 11.3. The Kier molecular flexibility index (Phi) is 4.91. The van der Waals surface area contributed by atoms with Crippen LogP contribution in [0.25, 0.3) is 0 Å². The maximum absolute atomic E-state index is 11.4. The van der Waals surface area contributed by atoms with Crippen LogP contribution in [0.4, 0.5) is 0 Å². The van der Waals surface area contributed by atoms with Gasteiger partial charge in [-0.1, -0.05) is 6.08 Å². The van der Waals surface area contributed by atoms with Crippen LogP contribution in [-0.4, -0.2) is 24.0 Å². The van der Waals surface area contributed by atoms with Crippen molar-refractivity contribution in [2.24, 2.45) is 5.41 Å². The zero-order valence-corrected chi connectivity index (χ0v) is 8.67. The molecule has 0 saturated heterocycles. The van der Waals surface area contributed by atoms with Crippen molar-refractivity contribution in [3.63, 3.8) is 0 Å². The molecule has 0 bridgehead atoms. The summed E-state index contributed by atoms with van der Waals surface area (Å²) in [5.74, 6) is -1.53. The van der Waals surface area contributed by atoms with Crippen LogP contribution < -0.4 is 5.32 Å². The van der Waals surface area contributed by atoms with Gasteiger partial charge < -0.3 is 10.4 Å². The Morgan fingerprint density at radius 2 is 2.14 bits per heavy atom. The van der Waals surface area contributed by atoms with Crippen LogP contribution in [-0.2, 0) is 9.59 Å². The van der Waals surface area contributed by atoms with Crippen molar-refractivity contribution >= 4 is 11.9 Å². The molecule has 0 radical (unpaired) electrons. The average molecular weight is 199 g/mol. The molecule has 0 spiro atoms. The van der Waals surface area contributed by atoms with Crippen molar-refractivity contribution < 1.29 is 14.7 Å². The molecular formula is C10H17NO3. The first-order valence-electron chi connectivity index (χ1n) is 4.55. The monoisotopic (exact) mass is 199 g/mol. The number of hydrogen-bond donors (Lipinski definition) is 2. The van der Waals surface area contributed by atoms with Crippen LogP contribution in [0.1, 0.15) is 26.2 Å². The lowest BCUT2D eigenvalue weighted by Crippen LogP contribution is -2.43. The number of carbonyl (C=O) groups is 2. The molecule has 0 heterocycles. The Morgan fingerprint density at radius 3 is 2.50 bits per heavy atom. The molecule has 80 valence electrons. The normalized spacial score (nSPS) is 14.1. The first-order chi connectivity index (χ1) is 6.49. The lowest BCUT2D eigenvalue weighted by atomic mass is 9.84. The lowest BCUT2D eigenvalue weighted by molar-refractivity contribution is -0.155. The summed E-state index contributed by atoms with van der Waals surface area (Å²) in [4.78, 5) is 22.3. The van der Waals surface area contributed by atoms with E-state index in [4.69, 9.17) is 5.11 Å². The topological polar surface area (TPSA) is 66.4 Å². The van der Waals surface area contributed by atoms with E-state index in [0.717, 1.165) is 6.42 Å². The largest absolute Gasteiger partial charge is 0.480 e. The third kappa shape index (κ3) is 2.87. The van der Waals surface area contributed by atoms with Crippen LogP contribution in [0, 0.1) is 5.41 Å². The van der Waals surface area contributed by atoms with Crippen LogP contribution in [0.2, 0.25) is 0 Å². The van der Waals surface area contributed by atoms with Gasteiger partial charge >= 0.3 is 5.97 Å². The van der Waals surface area contributed by atoms with Crippen LogP contribution in [0.3, 0.4) is 0 Å². The van der Waals surface area contributed by atoms with Gasteiger partial charge in [-0.05, 0) is 26.2 Å². The number of rotatable bonds is 6. The summed E-state index contributed by atoms with van der Waals surface area (Å²) in [7, 11) is 1.44. The highest BCUT2D eigenvalue weighted by atomic mass is 16.4. The van der Waals surface area contributed by atoms with E-state index in [1.165, 1.54) is 14.0 Å². The molecule has 0 aromatic rings. The summed E-state index contributed by atoms with van der Waals surface area (Å²) >= 11 is 0. The van der Waals surface area contributed by atoms with E-state index < -0.39 is 17.3 Å². The van der Waals surface area contributed by atoms with Crippen LogP contribution in [0.5, 0.6) is 0 Å². The van der Waals surface area contributed by atoms with Crippen molar-refractivity contribution in [3.8, 4) is 0 Å². The van der Waals surface area contributed by atoms with E-state index in [0.29, 0.717) is 12.8 Å². The first kappa shape index (κ1) is 12.7. The van der Waals surface area contributed by atoms with E-state index >= 15 is 0 Å². The molecule has 1 amide bonds. The molecule has 0 saturated carbocycles. The van der Waals surface area contributed by atoms with Crippen LogP contribution >= 0.6 is 0 Å². The number of allylic oxidation sites excluding steroid dienone is 1. The molecule has 0 fully saturated rings. The number of aliphatic carboxylic acids is 1. The smallest absolute Gasteiger partial charge is 0.318 e. The minimum absolute atomic E-state index is 0.327. The van der Waals surface area contributed by atoms with Gasteiger partial charge in [0, 0.05) is 7.05 Å². The Balaban J connectivity index is 4.47. The van der Waals surface area contributed by atoms with Crippen molar-refractivity contribution in [2.45, 2.75) is 26.2 Å². The summed E-state index contributed by atoms with van der Waals surface area (Å²) in [6, 6.07) is 0. The van der Waals surface area contributed by atoms with E-state index in [2.05, 4.69) is 11.9 Å². The summed E-state index contributed by atoms with van der Waals surface area (Å²) in [6.45, 7) is 4.98. The number of nitrogens with one attached hydrogen (secondary N) is 1. The van der Waals surface area contributed by atoms with Gasteiger partial charge in [0.2, 0.25) is 5.91 Å². The second-order valence-corrected chi connectivity index (χ2v) is 3.40. The van der Waals surface area contributed by atoms with Gasteiger partial charge in [0.05, 0.1) is 0 Å². The summed E-state index contributed by atoms with van der Waals surface area (Å²) in [6.07, 6.45) is 3.42. The van der Waals surface area contributed by atoms with Gasteiger partial charge in [-0.3, -0.25) is 9.59 Å². The van der Waals surface area contributed by atoms with Gasteiger partial charge in [0.25, 0.3) is 0 Å². The third-order valence-corrected chi connectivity index (χ3v) is 2.29. The van der Waals surface area contributed by atoms with Crippen molar-refractivity contribution in [1.29, 1.82) is 0 Å². The highest BCUT2D eigenvalue weighted by Gasteiger charge is 2.39. The van der Waals surface area contributed by atoms with E-state index in [1.54, 1.807) is 6.08 Å². The first-order valence-corrected chi connectivity index (χ1v) is 4.55. The van der Waals surface area contributed by atoms with Crippen molar-refractivity contribution in [1.82, 2.24) is 5.32 Å². The average Bonchev–Trinajstić information content (AvgIpc) is 2.16. The molecule has 4 nitrogen and oxygen atoms in total. The highest BCUT2D eigenvalue weighted by Crippen LogP contribution is 2.24. The molecule has 0 aliphatic heterocycles. The number of carboxylic acids is 1. The van der Waals surface area contributed by atoms with Gasteiger partial charge in [0.15, 0.2) is 0 Å². The second-order valence-electron chi connectivity index (χ2n) is 3.40. The Bertz CT molecular complexity index is 238. The molecule has 0 aromatic carbocycles. The van der Waals surface area contributed by atoms with Gasteiger partial charge in [0.1, 0.15) is 5.41 Å². The highest BCUT2D eigenvalue weighted by molar-refractivity contribution is 6.01. The van der Waals surface area contributed by atoms with Gasteiger partial charge in [-0.25, -0.2) is 0 Å². The maximum Gasteiger partial charge on any atom is 0.318 e. The SMILES string of the molecule is C=CCCCC(C)(C(=O)O)C(=O)NC. The van der Waals surface area contributed by atoms with E-state index in [9.17, 15) is 9.59 Å². The molecular weight excluding hydrogens is 182 g/mol. The quantitative estimate of drug-likeness (QED) is 0.383. The van der Waals surface area contributed by atoms with E-state index in [-0.39, 0.29) is 0 Å². The fourth-order valence-electron chi connectivity index (χ4n) is 1.19. The number of unbranched alkanes of at least 4 members (excludes halogenated alkanes) is 1. The van der Waals surface area contributed by atoms with Crippen molar-refractivity contribution in [3.05, 3.63) is 12.7 Å². The molecule has 0 aliphatic carbocycles. The Labute approximate surface area is 84.0 Å². The molecule has 0 aliphatic rings. The summed E-state index contributed by atoms with van der Waals surface area (Å²) in [5.41, 5.74) is -1.32. The molecule has 1 unspecified atom stereocenters. The zero-order chi connectivity index (χ0) is 11.2. The van der Waals surface area contributed by atoms with Crippen molar-refractivity contribution in [2.75, 3.05) is 7.05 Å². The minimum atomic E-state index is -1.32. The second kappa shape index (κ2) is 5.42. The fraction of sp³-hybridized carbons (Fsp3) is 0.600. The molecule has 2 N–H and O–H groups in total. The molecule has 4 heteroatoms. The zero-order valence-electron chi connectivity index (χ0n) is 8.67. The maximum atomic E-state index is 11.4. The predicted octanol–water partition coefficient (Wildman–Crippen LogP) is 1.18. The molecule has 14 heavy (non-hydrogen) atoms. The predicted molar refractivity (Wildman–Crippen MR) is 53.9 cm³/mol. The fourth-order valence-corrected chi connectivity index (χ4v) is 1.19. The molecule has 0 rings (SSSR count). The Morgan fingerprint density at radius 1 is 1.57 bits per heavy atom. The Hall–Kier alpha value is -1.32. The van der Waals surface area contributed by atoms with Gasteiger partial charge in [-0.15, -0.1) is 6.58 Å². The minimum Gasteiger partial charge on any atom is -0.480 e. The lowest BCUT2D eigenvalue weighted by Gasteiger charge is -2.22. The van der Waals surface area contributed by atoms with E-state index in [1.807, 2.05) is 0 Å². The molecule has 1 atom stereocenters. The standard InChI is InChI=1S/C10H17NO3/c1-4-5-6-7-10(2,9(13)14)8(12)11-3/h4H,1,5-7H2,2-3H3,(H,11,12)(H,13,14). The number of carbonyl (C=O) groups excluding carboxylic acids is 1. The summed E-state index contributed by atoms with van der Waals surface area (Å²) < 4.78 is 0. The molecule has 0 aromatic heterocycles. The number of amides is 1.